The number of hydrogen-bond donors (Lipinski definition) is 1. The number of hydrogen-bond acceptors (Lipinski definition) is 4. The molecule has 0 radical (unpaired) electrons. The van der Waals surface area contributed by atoms with Crippen molar-refractivity contribution in [1.29, 1.82) is 0 Å². The zero-order valence-corrected chi connectivity index (χ0v) is 10.8. The molecule has 0 aliphatic carbocycles. The molecule has 0 bridgehead atoms. The van der Waals surface area contributed by atoms with Gasteiger partial charge in [-0.1, -0.05) is 0 Å². The normalized spacial score (nSPS) is 31.8. The highest BCUT2D eigenvalue weighted by molar-refractivity contribution is 7.91. The van der Waals surface area contributed by atoms with Gasteiger partial charge in [0.25, 0.3) is 0 Å². The summed E-state index contributed by atoms with van der Waals surface area (Å²) in [6.07, 6.45) is 4.11. The third-order valence-corrected chi connectivity index (χ3v) is 5.66. The van der Waals surface area contributed by atoms with Crippen molar-refractivity contribution in [1.82, 2.24) is 10.2 Å². The molecule has 0 aromatic carbocycles. The quantitative estimate of drug-likeness (QED) is 0.759. The highest BCUT2D eigenvalue weighted by Crippen LogP contribution is 2.21. The topological polar surface area (TPSA) is 49.4 Å². The number of rotatable bonds is 2. The van der Waals surface area contributed by atoms with E-state index in [4.69, 9.17) is 0 Å². The maximum Gasteiger partial charge on any atom is 0.150 e. The van der Waals surface area contributed by atoms with Crippen LogP contribution in [0.2, 0.25) is 0 Å². The molecule has 2 rings (SSSR count). The number of piperidine rings is 1. The van der Waals surface area contributed by atoms with Crippen LogP contribution in [0, 0.1) is 0 Å². The van der Waals surface area contributed by atoms with Gasteiger partial charge in [0.1, 0.15) is 9.84 Å². The third-order valence-electron chi connectivity index (χ3n) is 3.95. The molecule has 94 valence electrons. The number of nitrogens with one attached hydrogen (secondary N) is 1. The lowest BCUT2D eigenvalue weighted by atomic mass is 10.0. The fourth-order valence-electron chi connectivity index (χ4n) is 2.76. The van der Waals surface area contributed by atoms with Crippen LogP contribution in [0.1, 0.15) is 25.7 Å². The Morgan fingerprint density at radius 1 is 1.12 bits per heavy atom. The maximum absolute atomic E-state index is 11.4. The van der Waals surface area contributed by atoms with E-state index in [1.54, 1.807) is 0 Å². The second-order valence-corrected chi connectivity index (χ2v) is 7.35. The van der Waals surface area contributed by atoms with Gasteiger partial charge in [-0.25, -0.2) is 8.42 Å². The van der Waals surface area contributed by atoms with Crippen molar-refractivity contribution in [3.63, 3.8) is 0 Å². The molecule has 2 aliphatic rings. The van der Waals surface area contributed by atoms with Crippen molar-refractivity contribution in [2.75, 3.05) is 31.6 Å². The van der Waals surface area contributed by atoms with Crippen molar-refractivity contribution < 1.29 is 8.42 Å². The zero-order valence-electron chi connectivity index (χ0n) is 9.98. The van der Waals surface area contributed by atoms with Crippen LogP contribution in [0.25, 0.3) is 0 Å². The van der Waals surface area contributed by atoms with Gasteiger partial charge in [-0.3, -0.25) is 4.90 Å². The Balaban J connectivity index is 1.88. The summed E-state index contributed by atoms with van der Waals surface area (Å²) in [7, 11) is -0.569. The van der Waals surface area contributed by atoms with Crippen molar-refractivity contribution in [3.05, 3.63) is 0 Å². The van der Waals surface area contributed by atoms with Crippen LogP contribution < -0.4 is 5.32 Å². The molecule has 2 aliphatic heterocycles. The Morgan fingerprint density at radius 3 is 2.38 bits per heavy atom. The molecule has 0 aromatic heterocycles. The van der Waals surface area contributed by atoms with Gasteiger partial charge >= 0.3 is 0 Å². The Kier molecular flexibility index (Phi) is 3.87. The van der Waals surface area contributed by atoms with Crippen LogP contribution in [0.4, 0.5) is 0 Å². The average molecular weight is 246 g/mol. The molecule has 0 amide bonds. The number of likely N-dealkylation sites (N-methyl/N-ethyl adjacent to an activating group) is 1. The lowest BCUT2D eigenvalue weighted by Gasteiger charge is -2.39. The minimum Gasteiger partial charge on any atom is -0.315 e. The summed E-state index contributed by atoms with van der Waals surface area (Å²) in [5.74, 6) is 0.754. The van der Waals surface area contributed by atoms with E-state index in [1.807, 2.05) is 0 Å². The summed E-state index contributed by atoms with van der Waals surface area (Å²) in [6.45, 7) is 2.18. The Morgan fingerprint density at radius 2 is 1.81 bits per heavy atom. The van der Waals surface area contributed by atoms with E-state index in [9.17, 15) is 8.42 Å². The molecule has 5 heteroatoms. The molecule has 16 heavy (non-hydrogen) atoms. The van der Waals surface area contributed by atoms with Gasteiger partial charge in [-0.2, -0.15) is 0 Å². The van der Waals surface area contributed by atoms with E-state index in [2.05, 4.69) is 17.3 Å². The highest BCUT2D eigenvalue weighted by atomic mass is 32.2. The van der Waals surface area contributed by atoms with E-state index < -0.39 is 9.84 Å². The van der Waals surface area contributed by atoms with E-state index in [0.717, 1.165) is 25.9 Å². The van der Waals surface area contributed by atoms with Gasteiger partial charge < -0.3 is 5.32 Å². The molecular weight excluding hydrogens is 224 g/mol. The molecule has 0 spiro atoms. The van der Waals surface area contributed by atoms with Crippen LogP contribution in [0.15, 0.2) is 0 Å². The first kappa shape index (κ1) is 12.3. The van der Waals surface area contributed by atoms with Crippen LogP contribution in [0.5, 0.6) is 0 Å². The lowest BCUT2D eigenvalue weighted by Crippen LogP contribution is -2.50. The first-order valence-electron chi connectivity index (χ1n) is 6.21. The summed E-state index contributed by atoms with van der Waals surface area (Å²) in [5.41, 5.74) is 0. The van der Waals surface area contributed by atoms with E-state index >= 15 is 0 Å². The average Bonchev–Trinajstić information content (AvgIpc) is 2.29. The summed E-state index contributed by atoms with van der Waals surface area (Å²) < 4.78 is 22.7. The van der Waals surface area contributed by atoms with E-state index in [1.165, 1.54) is 12.8 Å². The van der Waals surface area contributed by atoms with Crippen molar-refractivity contribution in [2.45, 2.75) is 37.8 Å². The van der Waals surface area contributed by atoms with Crippen LogP contribution in [0.3, 0.4) is 0 Å². The van der Waals surface area contributed by atoms with E-state index in [0.29, 0.717) is 23.6 Å². The van der Waals surface area contributed by atoms with Crippen LogP contribution in [-0.4, -0.2) is 57.0 Å². The molecule has 0 aromatic rings. The minimum absolute atomic E-state index is 0.377. The molecule has 1 N–H and O–H groups in total. The molecule has 0 saturated carbocycles. The van der Waals surface area contributed by atoms with Crippen molar-refractivity contribution in [3.8, 4) is 0 Å². The molecule has 1 unspecified atom stereocenters. The van der Waals surface area contributed by atoms with Gasteiger partial charge in [0.2, 0.25) is 0 Å². The second-order valence-electron chi connectivity index (χ2n) is 5.05. The monoisotopic (exact) mass is 246 g/mol. The first-order chi connectivity index (χ1) is 7.58. The predicted octanol–water partition coefficient (Wildman–Crippen LogP) is 0.247. The predicted molar refractivity (Wildman–Crippen MR) is 65.3 cm³/mol. The maximum atomic E-state index is 11.4. The Hall–Kier alpha value is -0.130. The van der Waals surface area contributed by atoms with Gasteiger partial charge in [0.05, 0.1) is 11.5 Å². The standard InChI is InChI=1S/C11H22N2O2S/c1-13(11-3-2-6-12-9-11)10-4-7-16(14,15)8-5-10/h10-12H,2-9H2,1H3. The molecule has 2 saturated heterocycles. The molecular formula is C11H22N2O2S. The second kappa shape index (κ2) is 5.02. The Labute approximate surface area is 98.3 Å². The van der Waals surface area contributed by atoms with Crippen molar-refractivity contribution >= 4 is 9.84 Å². The fourth-order valence-corrected chi connectivity index (χ4v) is 4.23. The largest absolute Gasteiger partial charge is 0.315 e. The molecule has 2 heterocycles. The molecule has 1 atom stereocenters. The summed E-state index contributed by atoms with van der Waals surface area (Å²) >= 11 is 0. The van der Waals surface area contributed by atoms with Gasteiger partial charge in [0.15, 0.2) is 0 Å². The minimum atomic E-state index is -2.72. The molecule has 2 fully saturated rings. The van der Waals surface area contributed by atoms with Gasteiger partial charge in [-0.15, -0.1) is 0 Å². The molecule has 4 nitrogen and oxygen atoms in total. The van der Waals surface area contributed by atoms with E-state index in [-0.39, 0.29) is 0 Å². The lowest BCUT2D eigenvalue weighted by molar-refractivity contribution is 0.138. The summed E-state index contributed by atoms with van der Waals surface area (Å²) in [4.78, 5) is 2.40. The highest BCUT2D eigenvalue weighted by Gasteiger charge is 2.30. The third kappa shape index (κ3) is 2.96. The van der Waals surface area contributed by atoms with Crippen LogP contribution >= 0.6 is 0 Å². The Bertz CT molecular complexity index is 309. The first-order valence-corrected chi connectivity index (χ1v) is 8.04. The zero-order chi connectivity index (χ0) is 11.6. The van der Waals surface area contributed by atoms with Crippen molar-refractivity contribution in [2.24, 2.45) is 0 Å². The number of sulfone groups is 1. The van der Waals surface area contributed by atoms with Gasteiger partial charge in [-0.05, 0) is 39.3 Å². The van der Waals surface area contributed by atoms with Gasteiger partial charge in [0, 0.05) is 18.6 Å². The smallest absolute Gasteiger partial charge is 0.150 e. The van der Waals surface area contributed by atoms with Crippen LogP contribution in [-0.2, 0) is 9.84 Å². The fraction of sp³-hybridized carbons (Fsp3) is 1.00. The summed E-state index contributed by atoms with van der Waals surface area (Å²) in [6, 6.07) is 1.06. The SMILES string of the molecule is CN(C1CCS(=O)(=O)CC1)C1CCCNC1. The number of nitrogens with zero attached hydrogens (tertiary/aromatic N) is 1. The summed E-state index contributed by atoms with van der Waals surface area (Å²) in [5, 5.41) is 3.41.